The Morgan fingerprint density at radius 2 is 1.84 bits per heavy atom. The maximum atomic E-state index is 10.4. The third-order valence-electron chi connectivity index (χ3n) is 5.42. The van der Waals surface area contributed by atoms with Crippen molar-refractivity contribution in [2.45, 2.75) is 38.5 Å². The minimum Gasteiger partial charge on any atom is -0.391 e. The highest BCUT2D eigenvalue weighted by atomic mass is 32.1. The summed E-state index contributed by atoms with van der Waals surface area (Å²) in [6.07, 6.45) is 7.08. The van der Waals surface area contributed by atoms with E-state index in [0.29, 0.717) is 5.92 Å². The lowest BCUT2D eigenvalue weighted by molar-refractivity contribution is 0.141. The summed E-state index contributed by atoms with van der Waals surface area (Å²) in [4.78, 5) is 10.5. The van der Waals surface area contributed by atoms with Gasteiger partial charge in [0.05, 0.1) is 6.10 Å². The highest BCUT2D eigenvalue weighted by Crippen LogP contribution is 2.25. The SMILES string of the molecule is O[C@H]1CN(Cc2cc(CN3CCCC3)cs2)C[C@H]1Cc1ccncc1. The van der Waals surface area contributed by atoms with Gasteiger partial charge >= 0.3 is 0 Å². The number of pyridine rings is 1. The third-order valence-corrected chi connectivity index (χ3v) is 6.39. The predicted octanol–water partition coefficient (Wildman–Crippen LogP) is 2.77. The predicted molar refractivity (Wildman–Crippen MR) is 102 cm³/mol. The monoisotopic (exact) mass is 357 g/mol. The molecule has 2 aromatic rings. The van der Waals surface area contributed by atoms with Crippen molar-refractivity contribution in [2.24, 2.45) is 5.92 Å². The van der Waals surface area contributed by atoms with Crippen molar-refractivity contribution in [1.82, 2.24) is 14.8 Å². The normalized spacial score (nSPS) is 25.0. The first-order valence-corrected chi connectivity index (χ1v) is 10.2. The van der Waals surface area contributed by atoms with Gasteiger partial charge in [-0.1, -0.05) is 0 Å². The Labute approximate surface area is 154 Å². The average molecular weight is 358 g/mol. The maximum absolute atomic E-state index is 10.4. The summed E-state index contributed by atoms with van der Waals surface area (Å²) in [5.74, 6) is 0.325. The number of nitrogens with zero attached hydrogens (tertiary/aromatic N) is 3. The molecule has 0 radical (unpaired) electrons. The van der Waals surface area contributed by atoms with Crippen LogP contribution in [0.25, 0.3) is 0 Å². The van der Waals surface area contributed by atoms with Crippen molar-refractivity contribution in [3.05, 3.63) is 52.0 Å². The first-order valence-electron chi connectivity index (χ1n) is 9.34. The number of likely N-dealkylation sites (tertiary alicyclic amines) is 2. The summed E-state index contributed by atoms with van der Waals surface area (Å²) in [7, 11) is 0. The number of aromatic nitrogens is 1. The lowest BCUT2D eigenvalue weighted by Crippen LogP contribution is -2.21. The van der Waals surface area contributed by atoms with Crippen LogP contribution in [0.4, 0.5) is 0 Å². The van der Waals surface area contributed by atoms with Crippen molar-refractivity contribution < 1.29 is 5.11 Å². The van der Waals surface area contributed by atoms with E-state index in [1.54, 1.807) is 0 Å². The van der Waals surface area contributed by atoms with Gasteiger partial charge in [0.25, 0.3) is 0 Å². The Kier molecular flexibility index (Phi) is 5.46. The standard InChI is InChI=1S/C20H27N3OS/c24-20-14-23(12-18(20)9-16-3-5-21-6-4-16)13-19-10-17(15-25-19)11-22-7-1-2-8-22/h3-6,10,15,18,20,24H,1-2,7-9,11-14H2/t18-,20+/m1/s1. The molecule has 4 rings (SSSR count). The van der Waals surface area contributed by atoms with Gasteiger partial charge in [-0.25, -0.2) is 0 Å². The molecule has 0 aromatic carbocycles. The van der Waals surface area contributed by atoms with E-state index in [1.165, 1.54) is 41.9 Å². The van der Waals surface area contributed by atoms with Crippen LogP contribution in [0.3, 0.4) is 0 Å². The number of aliphatic hydroxyl groups excluding tert-OH is 1. The number of hydrogen-bond donors (Lipinski definition) is 1. The molecule has 0 bridgehead atoms. The van der Waals surface area contributed by atoms with Gasteiger partial charge in [0.2, 0.25) is 0 Å². The minimum atomic E-state index is -0.225. The van der Waals surface area contributed by atoms with Crippen molar-refractivity contribution in [1.29, 1.82) is 0 Å². The van der Waals surface area contributed by atoms with E-state index < -0.39 is 0 Å². The van der Waals surface area contributed by atoms with Crippen molar-refractivity contribution in [2.75, 3.05) is 26.2 Å². The second-order valence-corrected chi connectivity index (χ2v) is 8.48. The smallest absolute Gasteiger partial charge is 0.0710 e. The zero-order valence-electron chi connectivity index (χ0n) is 14.7. The Hall–Kier alpha value is -1.27. The summed E-state index contributed by atoms with van der Waals surface area (Å²) in [6, 6.07) is 6.48. The molecule has 134 valence electrons. The fraction of sp³-hybridized carbons (Fsp3) is 0.550. The van der Waals surface area contributed by atoms with Crippen LogP contribution in [0.5, 0.6) is 0 Å². The van der Waals surface area contributed by atoms with Crippen LogP contribution in [0.15, 0.2) is 36.0 Å². The highest BCUT2D eigenvalue weighted by Gasteiger charge is 2.31. The molecule has 2 fully saturated rings. The number of aliphatic hydroxyl groups is 1. The molecule has 0 spiro atoms. The van der Waals surface area contributed by atoms with E-state index in [4.69, 9.17) is 0 Å². The fourth-order valence-corrected chi connectivity index (χ4v) is 5.03. The molecular weight excluding hydrogens is 330 g/mol. The quantitative estimate of drug-likeness (QED) is 0.863. The van der Waals surface area contributed by atoms with E-state index in [9.17, 15) is 5.11 Å². The molecule has 0 unspecified atom stereocenters. The second kappa shape index (κ2) is 7.96. The molecule has 4 nitrogen and oxygen atoms in total. The first kappa shape index (κ1) is 17.2. The minimum absolute atomic E-state index is 0.225. The van der Waals surface area contributed by atoms with Gasteiger partial charge < -0.3 is 5.11 Å². The van der Waals surface area contributed by atoms with Crippen molar-refractivity contribution in [3.63, 3.8) is 0 Å². The van der Waals surface area contributed by atoms with E-state index in [2.05, 4.69) is 38.4 Å². The van der Waals surface area contributed by atoms with E-state index in [0.717, 1.165) is 32.6 Å². The second-order valence-electron chi connectivity index (χ2n) is 7.49. The summed E-state index contributed by atoms with van der Waals surface area (Å²) in [5, 5.41) is 12.7. The van der Waals surface area contributed by atoms with Gasteiger partial charge in [-0.05, 0) is 67.1 Å². The molecule has 2 atom stereocenters. The third kappa shape index (κ3) is 4.47. The molecule has 2 aromatic heterocycles. The molecule has 2 saturated heterocycles. The molecule has 0 saturated carbocycles. The molecular formula is C20H27N3OS. The van der Waals surface area contributed by atoms with Gasteiger partial charge in [-0.15, -0.1) is 11.3 Å². The van der Waals surface area contributed by atoms with Crippen LogP contribution in [0.1, 0.15) is 28.8 Å². The van der Waals surface area contributed by atoms with Crippen LogP contribution in [-0.4, -0.2) is 52.2 Å². The molecule has 25 heavy (non-hydrogen) atoms. The van der Waals surface area contributed by atoms with Crippen LogP contribution in [-0.2, 0) is 19.5 Å². The number of hydrogen-bond acceptors (Lipinski definition) is 5. The zero-order valence-corrected chi connectivity index (χ0v) is 15.5. The number of thiophene rings is 1. The van der Waals surface area contributed by atoms with Crippen LogP contribution in [0, 0.1) is 5.92 Å². The molecule has 2 aliphatic rings. The average Bonchev–Trinajstić information content (AvgIpc) is 3.34. The highest BCUT2D eigenvalue weighted by molar-refractivity contribution is 7.10. The number of β-amino-alcohol motifs (C(OH)–C–C–N with tert-alkyl or cyclic N) is 1. The summed E-state index contributed by atoms with van der Waals surface area (Å²) >= 11 is 1.87. The van der Waals surface area contributed by atoms with Gasteiger partial charge in [-0.2, -0.15) is 0 Å². The first-order chi connectivity index (χ1) is 12.3. The summed E-state index contributed by atoms with van der Waals surface area (Å²) in [5.41, 5.74) is 2.72. The Morgan fingerprint density at radius 3 is 2.64 bits per heavy atom. The zero-order chi connectivity index (χ0) is 17.1. The molecule has 1 N–H and O–H groups in total. The molecule has 4 heterocycles. The molecule has 2 aliphatic heterocycles. The Morgan fingerprint density at radius 1 is 1.04 bits per heavy atom. The lowest BCUT2D eigenvalue weighted by atomic mass is 9.97. The molecule has 5 heteroatoms. The van der Waals surface area contributed by atoms with Gasteiger partial charge in [0.15, 0.2) is 0 Å². The van der Waals surface area contributed by atoms with Crippen LogP contribution < -0.4 is 0 Å². The number of rotatable bonds is 6. The molecule has 0 amide bonds. The Balaban J connectivity index is 1.30. The van der Waals surface area contributed by atoms with Crippen LogP contribution in [0.2, 0.25) is 0 Å². The fourth-order valence-electron chi connectivity index (χ4n) is 4.10. The van der Waals surface area contributed by atoms with Crippen molar-refractivity contribution >= 4 is 11.3 Å². The van der Waals surface area contributed by atoms with Crippen LogP contribution >= 0.6 is 11.3 Å². The summed E-state index contributed by atoms with van der Waals surface area (Å²) in [6.45, 7) is 6.33. The Bertz CT molecular complexity index is 669. The summed E-state index contributed by atoms with van der Waals surface area (Å²) < 4.78 is 0. The molecule has 0 aliphatic carbocycles. The topological polar surface area (TPSA) is 39.6 Å². The maximum Gasteiger partial charge on any atom is 0.0710 e. The van der Waals surface area contributed by atoms with Crippen molar-refractivity contribution in [3.8, 4) is 0 Å². The largest absolute Gasteiger partial charge is 0.391 e. The van der Waals surface area contributed by atoms with Gasteiger partial charge in [0, 0.05) is 49.4 Å². The van der Waals surface area contributed by atoms with E-state index in [1.807, 2.05) is 23.7 Å². The van der Waals surface area contributed by atoms with Gasteiger partial charge in [0.1, 0.15) is 0 Å². The van der Waals surface area contributed by atoms with E-state index in [-0.39, 0.29) is 6.10 Å². The van der Waals surface area contributed by atoms with Gasteiger partial charge in [-0.3, -0.25) is 14.8 Å². The lowest BCUT2D eigenvalue weighted by Gasteiger charge is -2.15. The van der Waals surface area contributed by atoms with E-state index >= 15 is 0 Å².